The van der Waals surface area contributed by atoms with E-state index in [0.717, 1.165) is 8.95 Å². The van der Waals surface area contributed by atoms with Crippen LogP contribution >= 0.6 is 31.9 Å². The van der Waals surface area contributed by atoms with Crippen molar-refractivity contribution in [3.8, 4) is 0 Å². The van der Waals surface area contributed by atoms with Crippen LogP contribution in [-0.2, 0) is 0 Å². The summed E-state index contributed by atoms with van der Waals surface area (Å²) in [4.78, 5) is 0. The first-order chi connectivity index (χ1) is 8.88. The average Bonchev–Trinajstić information content (AvgIpc) is 2.25. The largest absolute Gasteiger partial charge is 0.320 e. The summed E-state index contributed by atoms with van der Waals surface area (Å²) in [6.07, 6.45) is 0. The molecule has 100 valence electrons. The third-order valence-electron chi connectivity index (χ3n) is 2.60. The summed E-state index contributed by atoms with van der Waals surface area (Å²) in [5.74, 6) is -2.97. The van der Waals surface area contributed by atoms with Gasteiger partial charge in [-0.05, 0) is 23.8 Å². The van der Waals surface area contributed by atoms with Crippen molar-refractivity contribution in [3.63, 3.8) is 0 Å². The molecule has 1 unspecified atom stereocenters. The lowest BCUT2D eigenvalue weighted by atomic mass is 9.98. The van der Waals surface area contributed by atoms with Gasteiger partial charge in [-0.25, -0.2) is 13.2 Å². The van der Waals surface area contributed by atoms with E-state index in [0.29, 0.717) is 17.7 Å². The Kier molecular flexibility index (Phi) is 4.32. The fourth-order valence-electron chi connectivity index (χ4n) is 1.77. The molecule has 2 aromatic rings. The molecule has 6 heteroatoms. The van der Waals surface area contributed by atoms with Crippen molar-refractivity contribution in [1.29, 1.82) is 0 Å². The number of hydrogen-bond acceptors (Lipinski definition) is 1. The monoisotopic (exact) mass is 393 g/mol. The molecule has 0 amide bonds. The Morgan fingerprint density at radius 1 is 0.842 bits per heavy atom. The fraction of sp³-hybridized carbons (Fsp3) is 0.0769. The summed E-state index contributed by atoms with van der Waals surface area (Å²) in [7, 11) is 0. The molecular weight excluding hydrogens is 387 g/mol. The van der Waals surface area contributed by atoms with E-state index in [9.17, 15) is 13.2 Å². The van der Waals surface area contributed by atoms with Gasteiger partial charge in [0.05, 0.1) is 6.04 Å². The van der Waals surface area contributed by atoms with Gasteiger partial charge in [-0.2, -0.15) is 0 Å². The molecule has 2 N–H and O–H groups in total. The molecule has 19 heavy (non-hydrogen) atoms. The zero-order chi connectivity index (χ0) is 14.2. The molecule has 0 saturated carbocycles. The van der Waals surface area contributed by atoms with Crippen LogP contribution in [0.15, 0.2) is 39.3 Å². The van der Waals surface area contributed by atoms with E-state index in [-0.39, 0.29) is 5.56 Å². The maximum absolute atomic E-state index is 13.7. The molecule has 2 rings (SSSR count). The minimum Gasteiger partial charge on any atom is -0.320 e. The van der Waals surface area contributed by atoms with Crippen LogP contribution in [0.4, 0.5) is 13.2 Å². The molecular formula is C13H8Br2F3N. The van der Waals surface area contributed by atoms with Crippen LogP contribution in [0.25, 0.3) is 0 Å². The molecule has 0 aromatic heterocycles. The number of nitrogens with two attached hydrogens (primary N) is 1. The zero-order valence-corrected chi connectivity index (χ0v) is 12.6. The van der Waals surface area contributed by atoms with Crippen LogP contribution in [0.3, 0.4) is 0 Å². The molecule has 0 aliphatic rings. The van der Waals surface area contributed by atoms with E-state index in [1.807, 2.05) is 0 Å². The van der Waals surface area contributed by atoms with E-state index < -0.39 is 23.5 Å². The summed E-state index contributed by atoms with van der Waals surface area (Å²) in [6.45, 7) is 0. The zero-order valence-electron chi connectivity index (χ0n) is 9.43. The summed E-state index contributed by atoms with van der Waals surface area (Å²) < 4.78 is 41.6. The number of rotatable bonds is 2. The number of halogens is 5. The van der Waals surface area contributed by atoms with Crippen LogP contribution in [0.2, 0.25) is 0 Å². The van der Waals surface area contributed by atoms with Crippen LogP contribution in [0.5, 0.6) is 0 Å². The van der Waals surface area contributed by atoms with Gasteiger partial charge in [0.25, 0.3) is 0 Å². The second-order valence-electron chi connectivity index (χ2n) is 3.96. The first-order valence-corrected chi connectivity index (χ1v) is 6.83. The van der Waals surface area contributed by atoms with Gasteiger partial charge in [0.2, 0.25) is 0 Å². The van der Waals surface area contributed by atoms with E-state index in [1.165, 1.54) is 0 Å². The van der Waals surface area contributed by atoms with Gasteiger partial charge in [-0.3, -0.25) is 0 Å². The molecule has 1 nitrogen and oxygen atoms in total. The number of benzene rings is 2. The lowest BCUT2D eigenvalue weighted by Crippen LogP contribution is -2.16. The summed E-state index contributed by atoms with van der Waals surface area (Å²) in [5, 5.41) is 0. The van der Waals surface area contributed by atoms with Crippen molar-refractivity contribution in [2.24, 2.45) is 5.73 Å². The third kappa shape index (κ3) is 3.19. The quantitative estimate of drug-likeness (QED) is 0.786. The van der Waals surface area contributed by atoms with Crippen LogP contribution in [0, 0.1) is 17.5 Å². The molecule has 0 fully saturated rings. The SMILES string of the molecule is NC(c1cc(Br)cc(Br)c1)c1c(F)cc(F)cc1F. The van der Waals surface area contributed by atoms with Gasteiger partial charge < -0.3 is 5.73 Å². The maximum Gasteiger partial charge on any atom is 0.134 e. The normalized spacial score (nSPS) is 12.5. The van der Waals surface area contributed by atoms with E-state index in [1.54, 1.807) is 18.2 Å². The summed E-state index contributed by atoms with van der Waals surface area (Å²) in [5.41, 5.74) is 6.01. The second kappa shape index (κ2) is 5.64. The van der Waals surface area contributed by atoms with Crippen LogP contribution in [-0.4, -0.2) is 0 Å². The molecule has 0 radical (unpaired) electrons. The van der Waals surface area contributed by atoms with Crippen molar-refractivity contribution in [2.45, 2.75) is 6.04 Å². The van der Waals surface area contributed by atoms with E-state index in [2.05, 4.69) is 31.9 Å². The van der Waals surface area contributed by atoms with E-state index in [4.69, 9.17) is 5.73 Å². The third-order valence-corrected chi connectivity index (χ3v) is 3.51. The topological polar surface area (TPSA) is 26.0 Å². The second-order valence-corrected chi connectivity index (χ2v) is 5.79. The lowest BCUT2D eigenvalue weighted by molar-refractivity contribution is 0.515. The van der Waals surface area contributed by atoms with Crippen molar-refractivity contribution in [3.05, 3.63) is 67.9 Å². The maximum atomic E-state index is 13.7. The standard InChI is InChI=1S/C13H8Br2F3N/c14-7-1-6(2-8(15)3-7)13(19)12-10(17)4-9(16)5-11(12)18/h1-5,13H,19H2. The highest BCUT2D eigenvalue weighted by Crippen LogP contribution is 2.29. The fourth-order valence-corrected chi connectivity index (χ4v) is 3.10. The van der Waals surface area contributed by atoms with Gasteiger partial charge in [-0.1, -0.05) is 31.9 Å². The predicted octanol–water partition coefficient (Wildman–Crippen LogP) is 4.68. The molecule has 0 bridgehead atoms. The Labute approximate surface area is 124 Å². The van der Waals surface area contributed by atoms with Gasteiger partial charge in [0, 0.05) is 26.6 Å². The highest BCUT2D eigenvalue weighted by molar-refractivity contribution is 9.11. The minimum absolute atomic E-state index is 0.355. The molecule has 0 heterocycles. The Bertz CT molecular complexity index is 588. The highest BCUT2D eigenvalue weighted by Gasteiger charge is 2.20. The summed E-state index contributed by atoms with van der Waals surface area (Å²) >= 11 is 6.54. The predicted molar refractivity (Wildman–Crippen MR) is 74.2 cm³/mol. The first kappa shape index (κ1) is 14.6. The molecule has 0 aliphatic carbocycles. The van der Waals surface area contributed by atoms with Crippen molar-refractivity contribution >= 4 is 31.9 Å². The van der Waals surface area contributed by atoms with Crippen LogP contribution < -0.4 is 5.73 Å². The lowest BCUT2D eigenvalue weighted by Gasteiger charge is -2.15. The highest BCUT2D eigenvalue weighted by atomic mass is 79.9. The smallest absolute Gasteiger partial charge is 0.134 e. The first-order valence-electron chi connectivity index (χ1n) is 5.24. The molecule has 0 aliphatic heterocycles. The van der Waals surface area contributed by atoms with Gasteiger partial charge in [0.15, 0.2) is 0 Å². The molecule has 1 atom stereocenters. The Hall–Kier alpha value is -0.850. The Morgan fingerprint density at radius 2 is 1.32 bits per heavy atom. The molecule has 2 aromatic carbocycles. The molecule has 0 saturated heterocycles. The molecule has 0 spiro atoms. The van der Waals surface area contributed by atoms with Crippen molar-refractivity contribution in [2.75, 3.05) is 0 Å². The van der Waals surface area contributed by atoms with Crippen molar-refractivity contribution < 1.29 is 13.2 Å². The van der Waals surface area contributed by atoms with Crippen LogP contribution in [0.1, 0.15) is 17.2 Å². The average molecular weight is 395 g/mol. The number of hydrogen-bond donors (Lipinski definition) is 1. The van der Waals surface area contributed by atoms with Gasteiger partial charge in [-0.15, -0.1) is 0 Å². The Morgan fingerprint density at radius 3 is 1.79 bits per heavy atom. The Balaban J connectivity index is 2.52. The van der Waals surface area contributed by atoms with Gasteiger partial charge in [0.1, 0.15) is 17.5 Å². The van der Waals surface area contributed by atoms with E-state index >= 15 is 0 Å². The minimum atomic E-state index is -1.02. The van der Waals surface area contributed by atoms with Gasteiger partial charge >= 0.3 is 0 Å². The summed E-state index contributed by atoms with van der Waals surface area (Å²) in [6, 6.07) is 5.29. The van der Waals surface area contributed by atoms with Crippen molar-refractivity contribution in [1.82, 2.24) is 0 Å².